The van der Waals surface area contributed by atoms with Crippen LogP contribution >= 0.6 is 0 Å². The van der Waals surface area contributed by atoms with E-state index >= 15 is 0 Å². The minimum Gasteiger partial charge on any atom is -0.462 e. The van der Waals surface area contributed by atoms with Gasteiger partial charge in [0.25, 0.3) is 0 Å². The fraction of sp³-hybridized carbons (Fsp3) is 0.259. The van der Waals surface area contributed by atoms with Crippen molar-refractivity contribution in [2.45, 2.75) is 31.7 Å². The van der Waals surface area contributed by atoms with Crippen molar-refractivity contribution in [1.82, 2.24) is 0 Å². The molecule has 35 heavy (non-hydrogen) atoms. The molecule has 2 aliphatic heterocycles. The van der Waals surface area contributed by atoms with Crippen molar-refractivity contribution in [2.75, 3.05) is 13.2 Å². The van der Waals surface area contributed by atoms with Gasteiger partial charge in [0.15, 0.2) is 18.5 Å². The lowest BCUT2D eigenvalue weighted by Gasteiger charge is -2.26. The average molecular weight is 478 g/mol. The second-order valence-corrected chi connectivity index (χ2v) is 8.47. The first kappa shape index (κ1) is 24.1. The SMILES string of the molecule is C=CC(=O)OCC1OC1Oc1ccc(C(C)(C)c2ccc(OC(=C)C(=O)OCC3=CO3)cc2)cc1. The maximum absolute atomic E-state index is 11.9. The number of benzene rings is 2. The zero-order chi connectivity index (χ0) is 25.0. The summed E-state index contributed by atoms with van der Waals surface area (Å²) in [6.07, 6.45) is 1.89. The molecule has 8 heteroatoms. The van der Waals surface area contributed by atoms with E-state index in [1.54, 1.807) is 12.1 Å². The van der Waals surface area contributed by atoms with E-state index < -0.39 is 18.2 Å². The third kappa shape index (κ3) is 6.30. The van der Waals surface area contributed by atoms with Crippen molar-refractivity contribution < 1.29 is 38.0 Å². The minimum absolute atomic E-state index is 0.0671. The molecule has 2 aromatic rings. The van der Waals surface area contributed by atoms with Gasteiger partial charge in [-0.2, -0.15) is 0 Å². The number of carbonyl (C=O) groups is 2. The van der Waals surface area contributed by atoms with Crippen LogP contribution in [0, 0.1) is 0 Å². The molecule has 2 unspecified atom stereocenters. The quantitative estimate of drug-likeness (QED) is 0.194. The van der Waals surface area contributed by atoms with Crippen LogP contribution in [0.15, 0.2) is 85.5 Å². The van der Waals surface area contributed by atoms with Gasteiger partial charge in [-0.15, -0.1) is 0 Å². The van der Waals surface area contributed by atoms with Crippen molar-refractivity contribution >= 4 is 11.9 Å². The summed E-state index contributed by atoms with van der Waals surface area (Å²) in [6, 6.07) is 15.2. The number of ether oxygens (including phenoxy) is 6. The van der Waals surface area contributed by atoms with Crippen LogP contribution in [0.1, 0.15) is 25.0 Å². The second kappa shape index (κ2) is 10.1. The van der Waals surface area contributed by atoms with Crippen molar-refractivity contribution in [1.29, 1.82) is 0 Å². The molecule has 0 bridgehead atoms. The molecule has 0 aliphatic carbocycles. The van der Waals surface area contributed by atoms with Crippen molar-refractivity contribution in [3.63, 3.8) is 0 Å². The normalized spacial score (nSPS) is 17.8. The van der Waals surface area contributed by atoms with E-state index in [9.17, 15) is 9.59 Å². The van der Waals surface area contributed by atoms with Crippen LogP contribution in [0.25, 0.3) is 0 Å². The van der Waals surface area contributed by atoms with Crippen LogP contribution in [-0.4, -0.2) is 37.5 Å². The van der Waals surface area contributed by atoms with Crippen LogP contribution in [0.3, 0.4) is 0 Å². The Bertz CT molecular complexity index is 1140. The molecule has 0 spiro atoms. The molecular weight excluding hydrogens is 452 g/mol. The highest BCUT2D eigenvalue weighted by Gasteiger charge is 2.42. The third-order valence-electron chi connectivity index (χ3n) is 5.60. The highest BCUT2D eigenvalue weighted by Crippen LogP contribution is 2.34. The van der Waals surface area contributed by atoms with Gasteiger partial charge < -0.3 is 28.4 Å². The summed E-state index contributed by atoms with van der Waals surface area (Å²) in [7, 11) is 0. The van der Waals surface area contributed by atoms with E-state index in [-0.39, 0.29) is 30.5 Å². The summed E-state index contributed by atoms with van der Waals surface area (Å²) in [5, 5.41) is 0. The summed E-state index contributed by atoms with van der Waals surface area (Å²) in [5.74, 6) is 0.508. The number of esters is 2. The number of carbonyl (C=O) groups excluding carboxylic acids is 2. The van der Waals surface area contributed by atoms with Gasteiger partial charge in [0.2, 0.25) is 12.0 Å². The second-order valence-electron chi connectivity index (χ2n) is 8.47. The van der Waals surface area contributed by atoms with E-state index in [1.807, 2.05) is 36.4 Å². The number of hydrogen-bond acceptors (Lipinski definition) is 8. The zero-order valence-corrected chi connectivity index (χ0v) is 19.5. The predicted octanol–water partition coefficient (Wildman–Crippen LogP) is 4.15. The standard InChI is InChI=1S/C27H26O8/c1-5-24(28)31-16-23-26(35-23)34-21-12-8-19(9-13-21)27(3,4)18-6-10-20(11-7-18)33-17(2)25(29)32-15-22-14-30-22/h5-14,23,26H,1-2,15-16H2,3-4H3. The first-order valence-electron chi connectivity index (χ1n) is 11.0. The summed E-state index contributed by atoms with van der Waals surface area (Å²) in [6.45, 7) is 11.4. The van der Waals surface area contributed by atoms with Gasteiger partial charge in [0.1, 0.15) is 24.4 Å². The van der Waals surface area contributed by atoms with Crippen LogP contribution in [0.5, 0.6) is 11.5 Å². The molecule has 0 amide bonds. The van der Waals surface area contributed by atoms with Crippen LogP contribution < -0.4 is 9.47 Å². The Balaban J connectivity index is 1.30. The molecule has 2 heterocycles. The van der Waals surface area contributed by atoms with Gasteiger partial charge in [0, 0.05) is 11.5 Å². The van der Waals surface area contributed by atoms with E-state index in [2.05, 4.69) is 27.0 Å². The topological polar surface area (TPSA) is 96.1 Å². The van der Waals surface area contributed by atoms with E-state index in [0.717, 1.165) is 17.2 Å². The van der Waals surface area contributed by atoms with E-state index in [0.29, 0.717) is 17.3 Å². The van der Waals surface area contributed by atoms with Crippen molar-refractivity contribution in [3.05, 3.63) is 96.7 Å². The van der Waals surface area contributed by atoms with Gasteiger partial charge in [-0.3, -0.25) is 0 Å². The fourth-order valence-corrected chi connectivity index (χ4v) is 3.27. The molecule has 0 aromatic heterocycles. The Kier molecular flexibility index (Phi) is 6.93. The van der Waals surface area contributed by atoms with E-state index in [4.69, 9.17) is 28.4 Å². The van der Waals surface area contributed by atoms with Crippen molar-refractivity contribution in [2.24, 2.45) is 0 Å². The first-order valence-corrected chi connectivity index (χ1v) is 11.0. The van der Waals surface area contributed by atoms with Crippen molar-refractivity contribution in [3.8, 4) is 11.5 Å². The maximum atomic E-state index is 11.9. The summed E-state index contributed by atoms with van der Waals surface area (Å²) in [5.41, 5.74) is 1.83. The third-order valence-corrected chi connectivity index (χ3v) is 5.60. The Morgan fingerprint density at radius 1 is 1.00 bits per heavy atom. The van der Waals surface area contributed by atoms with Gasteiger partial charge >= 0.3 is 11.9 Å². The highest BCUT2D eigenvalue weighted by molar-refractivity contribution is 5.86. The van der Waals surface area contributed by atoms with Gasteiger partial charge in [-0.1, -0.05) is 44.7 Å². The van der Waals surface area contributed by atoms with Gasteiger partial charge in [-0.25, -0.2) is 9.59 Å². The first-order chi connectivity index (χ1) is 16.8. The van der Waals surface area contributed by atoms with Crippen LogP contribution in [0.2, 0.25) is 0 Å². The molecule has 182 valence electrons. The van der Waals surface area contributed by atoms with Gasteiger partial charge in [0.05, 0.1) is 0 Å². The zero-order valence-electron chi connectivity index (χ0n) is 19.5. The monoisotopic (exact) mass is 478 g/mol. The molecule has 2 atom stereocenters. The molecule has 0 saturated carbocycles. The number of hydrogen-bond donors (Lipinski definition) is 0. The summed E-state index contributed by atoms with van der Waals surface area (Å²) >= 11 is 0. The smallest absolute Gasteiger partial charge is 0.374 e. The molecular formula is C27H26O8. The summed E-state index contributed by atoms with van der Waals surface area (Å²) in [4.78, 5) is 23.0. The Labute approximate surface area is 203 Å². The molecule has 0 N–H and O–H groups in total. The maximum Gasteiger partial charge on any atom is 0.374 e. The largest absolute Gasteiger partial charge is 0.462 e. The molecule has 0 radical (unpaired) electrons. The minimum atomic E-state index is -0.645. The predicted molar refractivity (Wildman–Crippen MR) is 125 cm³/mol. The summed E-state index contributed by atoms with van der Waals surface area (Å²) < 4.78 is 31.4. The Morgan fingerprint density at radius 2 is 1.60 bits per heavy atom. The van der Waals surface area contributed by atoms with E-state index in [1.165, 1.54) is 6.26 Å². The number of epoxide rings is 1. The molecule has 2 aromatic carbocycles. The lowest BCUT2D eigenvalue weighted by atomic mass is 9.78. The lowest BCUT2D eigenvalue weighted by molar-refractivity contribution is -0.141. The van der Waals surface area contributed by atoms with Crippen LogP contribution in [0.4, 0.5) is 0 Å². The lowest BCUT2D eigenvalue weighted by Crippen LogP contribution is -2.19. The highest BCUT2D eigenvalue weighted by atomic mass is 16.8. The van der Waals surface area contributed by atoms with Gasteiger partial charge in [-0.05, 0) is 42.0 Å². The molecule has 8 nitrogen and oxygen atoms in total. The number of rotatable bonds is 12. The average Bonchev–Trinajstić information content (AvgIpc) is 3.79. The fourth-order valence-electron chi connectivity index (χ4n) is 3.27. The Hall–Kier alpha value is -4.04. The molecule has 1 fully saturated rings. The molecule has 2 aliphatic rings. The molecule has 1 saturated heterocycles. The molecule has 4 rings (SSSR count). The Morgan fingerprint density at radius 3 is 2.17 bits per heavy atom. The van der Waals surface area contributed by atoms with Crippen LogP contribution in [-0.2, 0) is 34.0 Å².